The van der Waals surface area contributed by atoms with Crippen LogP contribution in [0.2, 0.25) is 0 Å². The lowest BCUT2D eigenvalue weighted by Crippen LogP contribution is -2.14. The van der Waals surface area contributed by atoms with Crippen LogP contribution in [-0.2, 0) is 19.7 Å². The Morgan fingerprint density at radius 1 is 1.22 bits per heavy atom. The van der Waals surface area contributed by atoms with Gasteiger partial charge in [-0.05, 0) is 56.8 Å². The number of hydrogen-bond donors (Lipinski definition) is 1. The van der Waals surface area contributed by atoms with Crippen molar-refractivity contribution < 1.29 is 5.11 Å². The van der Waals surface area contributed by atoms with Crippen LogP contribution in [0.3, 0.4) is 0 Å². The molecule has 0 atom stereocenters. The van der Waals surface area contributed by atoms with Crippen molar-refractivity contribution in [1.29, 1.82) is 0 Å². The maximum absolute atomic E-state index is 9.60. The van der Waals surface area contributed by atoms with E-state index in [4.69, 9.17) is 0 Å². The second-order valence-corrected chi connectivity index (χ2v) is 5.13. The van der Waals surface area contributed by atoms with E-state index in [0.717, 1.165) is 24.2 Å². The Morgan fingerprint density at radius 2 is 1.94 bits per heavy atom. The normalized spacial score (nSPS) is 11.7. The van der Waals surface area contributed by atoms with Gasteiger partial charge in [0.15, 0.2) is 0 Å². The number of aliphatic hydroxyl groups is 1. The van der Waals surface area contributed by atoms with Gasteiger partial charge in [0.2, 0.25) is 0 Å². The summed E-state index contributed by atoms with van der Waals surface area (Å²) in [7, 11) is 4.09. The van der Waals surface area contributed by atoms with Gasteiger partial charge in [-0.1, -0.05) is 6.92 Å². The number of nitrogens with zero attached hydrogens (tertiary/aromatic N) is 2. The largest absolute Gasteiger partial charge is 0.376 e. The standard InChI is InChI=1S/C15H22N2O/c1-5-12-8-15-13(6-11(12)2)7-14(9-16(3)4)17(15)10-18/h6-8,18H,5,9-10H2,1-4H3. The molecule has 2 rings (SSSR count). The van der Waals surface area contributed by atoms with E-state index in [-0.39, 0.29) is 6.73 Å². The lowest BCUT2D eigenvalue weighted by molar-refractivity contribution is 0.208. The Hall–Kier alpha value is -1.32. The van der Waals surface area contributed by atoms with Crippen LogP contribution in [0, 0.1) is 6.92 Å². The molecule has 3 heteroatoms. The fourth-order valence-corrected chi connectivity index (χ4v) is 2.53. The molecule has 0 amide bonds. The van der Waals surface area contributed by atoms with Gasteiger partial charge in [-0.25, -0.2) is 0 Å². The van der Waals surface area contributed by atoms with Crippen LogP contribution < -0.4 is 0 Å². The van der Waals surface area contributed by atoms with Crippen molar-refractivity contribution >= 4 is 10.9 Å². The molecule has 0 aliphatic heterocycles. The molecule has 0 fully saturated rings. The molecule has 1 aromatic heterocycles. The molecular weight excluding hydrogens is 224 g/mol. The fraction of sp³-hybridized carbons (Fsp3) is 0.467. The number of aromatic nitrogens is 1. The van der Waals surface area contributed by atoms with E-state index in [0.29, 0.717) is 0 Å². The molecule has 0 saturated heterocycles. The van der Waals surface area contributed by atoms with E-state index in [1.807, 2.05) is 18.7 Å². The summed E-state index contributed by atoms with van der Waals surface area (Å²) in [5, 5.41) is 10.8. The summed E-state index contributed by atoms with van der Waals surface area (Å²) in [6, 6.07) is 6.61. The van der Waals surface area contributed by atoms with Gasteiger partial charge in [0.05, 0.1) is 5.52 Å². The monoisotopic (exact) mass is 246 g/mol. The molecule has 0 spiro atoms. The molecule has 0 aliphatic carbocycles. The third kappa shape index (κ3) is 2.28. The van der Waals surface area contributed by atoms with Crippen LogP contribution in [0.15, 0.2) is 18.2 Å². The minimum absolute atomic E-state index is 0.0406. The van der Waals surface area contributed by atoms with Crippen molar-refractivity contribution in [2.75, 3.05) is 14.1 Å². The molecule has 18 heavy (non-hydrogen) atoms. The number of aryl methyl sites for hydroxylation is 2. The first-order valence-corrected chi connectivity index (χ1v) is 6.44. The summed E-state index contributed by atoms with van der Waals surface area (Å²) in [4.78, 5) is 2.12. The Morgan fingerprint density at radius 3 is 2.50 bits per heavy atom. The maximum Gasteiger partial charge on any atom is 0.120 e. The molecule has 0 saturated carbocycles. The van der Waals surface area contributed by atoms with Crippen LogP contribution in [0.1, 0.15) is 23.7 Å². The predicted octanol–water partition coefficient (Wildman–Crippen LogP) is 2.52. The second kappa shape index (κ2) is 5.12. The predicted molar refractivity (Wildman–Crippen MR) is 75.7 cm³/mol. The lowest BCUT2D eigenvalue weighted by Gasteiger charge is -2.12. The first-order valence-electron chi connectivity index (χ1n) is 6.44. The first-order chi connectivity index (χ1) is 8.56. The molecule has 0 aliphatic rings. The Kier molecular flexibility index (Phi) is 3.73. The molecule has 1 heterocycles. The highest BCUT2D eigenvalue weighted by atomic mass is 16.3. The summed E-state index contributed by atoms with van der Waals surface area (Å²) in [5.74, 6) is 0. The second-order valence-electron chi connectivity index (χ2n) is 5.13. The zero-order valence-electron chi connectivity index (χ0n) is 11.7. The van der Waals surface area contributed by atoms with E-state index >= 15 is 0 Å². The quantitative estimate of drug-likeness (QED) is 0.898. The topological polar surface area (TPSA) is 28.4 Å². The third-order valence-corrected chi connectivity index (χ3v) is 3.45. The highest BCUT2D eigenvalue weighted by molar-refractivity contribution is 5.83. The smallest absolute Gasteiger partial charge is 0.120 e. The van der Waals surface area contributed by atoms with Crippen molar-refractivity contribution in [3.8, 4) is 0 Å². The van der Waals surface area contributed by atoms with E-state index in [2.05, 4.69) is 36.9 Å². The minimum Gasteiger partial charge on any atom is -0.376 e. The summed E-state index contributed by atoms with van der Waals surface area (Å²) < 4.78 is 1.99. The Balaban J connectivity index is 2.61. The van der Waals surface area contributed by atoms with Gasteiger partial charge in [-0.2, -0.15) is 0 Å². The zero-order chi connectivity index (χ0) is 13.3. The summed E-state index contributed by atoms with van der Waals surface area (Å²) in [5.41, 5.74) is 4.98. The van der Waals surface area contributed by atoms with Crippen molar-refractivity contribution in [3.63, 3.8) is 0 Å². The zero-order valence-corrected chi connectivity index (χ0v) is 11.7. The molecule has 0 bridgehead atoms. The molecular formula is C15H22N2O. The van der Waals surface area contributed by atoms with Crippen LogP contribution in [0.4, 0.5) is 0 Å². The summed E-state index contributed by atoms with van der Waals surface area (Å²) >= 11 is 0. The molecule has 0 unspecified atom stereocenters. The van der Waals surface area contributed by atoms with Crippen molar-refractivity contribution in [1.82, 2.24) is 9.47 Å². The van der Waals surface area contributed by atoms with Gasteiger partial charge >= 0.3 is 0 Å². The fourth-order valence-electron chi connectivity index (χ4n) is 2.53. The van der Waals surface area contributed by atoms with E-state index < -0.39 is 0 Å². The molecule has 1 aromatic carbocycles. The summed E-state index contributed by atoms with van der Waals surface area (Å²) in [6.45, 7) is 5.20. The van der Waals surface area contributed by atoms with Gasteiger partial charge in [-0.15, -0.1) is 0 Å². The minimum atomic E-state index is 0.0406. The number of hydrogen-bond acceptors (Lipinski definition) is 2. The van der Waals surface area contributed by atoms with Crippen molar-refractivity contribution in [3.05, 3.63) is 35.0 Å². The Bertz CT molecular complexity index is 555. The SMILES string of the molecule is CCc1cc2c(cc1C)cc(CN(C)C)n2CO. The molecule has 1 N–H and O–H groups in total. The van der Waals surface area contributed by atoms with E-state index in [9.17, 15) is 5.11 Å². The lowest BCUT2D eigenvalue weighted by atomic mass is 10.0. The third-order valence-electron chi connectivity index (χ3n) is 3.45. The van der Waals surface area contributed by atoms with Gasteiger partial charge in [0.25, 0.3) is 0 Å². The average molecular weight is 246 g/mol. The maximum atomic E-state index is 9.60. The average Bonchev–Trinajstić information content (AvgIpc) is 2.63. The number of aliphatic hydroxyl groups excluding tert-OH is 1. The molecule has 3 nitrogen and oxygen atoms in total. The van der Waals surface area contributed by atoms with E-state index in [1.54, 1.807) is 0 Å². The van der Waals surface area contributed by atoms with Crippen LogP contribution in [0.5, 0.6) is 0 Å². The van der Waals surface area contributed by atoms with Crippen molar-refractivity contribution in [2.45, 2.75) is 33.5 Å². The van der Waals surface area contributed by atoms with Gasteiger partial charge in [0, 0.05) is 17.6 Å². The van der Waals surface area contributed by atoms with Gasteiger partial charge in [0.1, 0.15) is 6.73 Å². The van der Waals surface area contributed by atoms with E-state index in [1.165, 1.54) is 16.5 Å². The van der Waals surface area contributed by atoms with Gasteiger partial charge in [-0.3, -0.25) is 0 Å². The number of benzene rings is 1. The van der Waals surface area contributed by atoms with Gasteiger partial charge < -0.3 is 14.6 Å². The molecule has 98 valence electrons. The molecule has 0 radical (unpaired) electrons. The van der Waals surface area contributed by atoms with Crippen LogP contribution in [0.25, 0.3) is 10.9 Å². The highest BCUT2D eigenvalue weighted by Crippen LogP contribution is 2.24. The number of rotatable bonds is 4. The highest BCUT2D eigenvalue weighted by Gasteiger charge is 2.10. The van der Waals surface area contributed by atoms with Crippen LogP contribution in [-0.4, -0.2) is 28.7 Å². The molecule has 2 aromatic rings. The number of fused-ring (bicyclic) bond motifs is 1. The van der Waals surface area contributed by atoms with Crippen LogP contribution >= 0.6 is 0 Å². The Labute approximate surface area is 109 Å². The summed E-state index contributed by atoms with van der Waals surface area (Å²) in [6.07, 6.45) is 1.03. The first kappa shape index (κ1) is 13.1. The van der Waals surface area contributed by atoms with Crippen molar-refractivity contribution in [2.24, 2.45) is 0 Å².